The van der Waals surface area contributed by atoms with Gasteiger partial charge >= 0.3 is 6.18 Å². The van der Waals surface area contributed by atoms with Crippen LogP contribution >= 0.6 is 11.6 Å². The third kappa shape index (κ3) is 3.42. The third-order valence-corrected chi connectivity index (χ3v) is 8.42. The summed E-state index contributed by atoms with van der Waals surface area (Å²) in [7, 11) is -4.50. The highest BCUT2D eigenvalue weighted by atomic mass is 35.5. The highest BCUT2D eigenvalue weighted by Crippen LogP contribution is 2.53. The van der Waals surface area contributed by atoms with Crippen LogP contribution in [0.4, 0.5) is 24.5 Å². The standard InChI is InChI=1S/C24H16ClF3N2O4S/c25-17-7-3-5-15(11-17)13-29-20-10-2-1-9-19(20)23(22(29)32)30(21(31)14-35(23,33)34)18-8-4-6-16(12-18)24(26,27)28/h1-12H,13-14H2/t23-/m1/s1. The van der Waals surface area contributed by atoms with Crippen LogP contribution in [0.25, 0.3) is 0 Å². The minimum Gasteiger partial charge on any atom is -0.304 e. The summed E-state index contributed by atoms with van der Waals surface area (Å²) < 4.78 is 67.3. The number of benzene rings is 3. The molecule has 2 aliphatic rings. The van der Waals surface area contributed by atoms with Gasteiger partial charge in [0.1, 0.15) is 5.75 Å². The van der Waals surface area contributed by atoms with Crippen molar-refractivity contribution in [3.8, 4) is 0 Å². The van der Waals surface area contributed by atoms with E-state index in [0.717, 1.165) is 12.1 Å². The molecule has 0 aromatic heterocycles. The molecule has 5 rings (SSSR count). The quantitative estimate of drug-likeness (QED) is 0.509. The molecule has 2 heterocycles. The molecular formula is C24H16ClF3N2O4S. The van der Waals surface area contributed by atoms with Crippen molar-refractivity contribution >= 4 is 44.6 Å². The molecule has 3 aromatic carbocycles. The lowest BCUT2D eigenvalue weighted by atomic mass is 10.0. The fraction of sp³-hybridized carbons (Fsp3) is 0.167. The maximum absolute atomic E-state index is 14.0. The Hall–Kier alpha value is -3.37. The number of halogens is 4. The van der Waals surface area contributed by atoms with Crippen molar-refractivity contribution in [2.75, 3.05) is 15.6 Å². The number of hydrogen-bond donors (Lipinski definition) is 0. The molecule has 0 radical (unpaired) electrons. The zero-order chi connectivity index (χ0) is 25.2. The van der Waals surface area contributed by atoms with E-state index in [4.69, 9.17) is 11.6 Å². The number of para-hydroxylation sites is 1. The molecule has 0 N–H and O–H groups in total. The first kappa shape index (κ1) is 23.4. The van der Waals surface area contributed by atoms with Crippen LogP contribution in [-0.4, -0.2) is 26.0 Å². The predicted molar refractivity (Wildman–Crippen MR) is 123 cm³/mol. The molecule has 0 aliphatic carbocycles. The van der Waals surface area contributed by atoms with E-state index >= 15 is 0 Å². The molecule has 2 aliphatic heterocycles. The zero-order valence-corrected chi connectivity index (χ0v) is 19.4. The molecule has 11 heteroatoms. The predicted octanol–water partition coefficient (Wildman–Crippen LogP) is 4.52. The number of hydrogen-bond acceptors (Lipinski definition) is 4. The highest BCUT2D eigenvalue weighted by molar-refractivity contribution is 7.94. The number of alkyl halides is 3. The van der Waals surface area contributed by atoms with Gasteiger partial charge in [0.2, 0.25) is 5.91 Å². The Morgan fingerprint density at radius 3 is 2.37 bits per heavy atom. The van der Waals surface area contributed by atoms with Crippen molar-refractivity contribution in [1.29, 1.82) is 0 Å². The topological polar surface area (TPSA) is 74.8 Å². The first-order chi connectivity index (χ1) is 16.5. The van der Waals surface area contributed by atoms with Crippen molar-refractivity contribution in [1.82, 2.24) is 0 Å². The molecule has 2 amide bonds. The van der Waals surface area contributed by atoms with Gasteiger partial charge in [-0.3, -0.25) is 14.5 Å². The van der Waals surface area contributed by atoms with Gasteiger partial charge in [0, 0.05) is 16.3 Å². The summed E-state index contributed by atoms with van der Waals surface area (Å²) in [4.78, 5) is 26.4. The van der Waals surface area contributed by atoms with Gasteiger partial charge in [0.05, 0.1) is 17.8 Å². The van der Waals surface area contributed by atoms with E-state index in [1.165, 1.54) is 29.2 Å². The molecule has 3 aromatic rings. The summed E-state index contributed by atoms with van der Waals surface area (Å²) >= 11 is 6.06. The first-order valence-electron chi connectivity index (χ1n) is 10.4. The van der Waals surface area contributed by atoms with Gasteiger partial charge in [0.25, 0.3) is 10.8 Å². The van der Waals surface area contributed by atoms with Gasteiger partial charge in [-0.1, -0.05) is 48.0 Å². The largest absolute Gasteiger partial charge is 0.416 e. The Morgan fingerprint density at radius 2 is 1.66 bits per heavy atom. The Balaban J connectivity index is 1.73. The number of nitrogens with zero attached hydrogens (tertiary/aromatic N) is 2. The number of anilines is 2. The highest BCUT2D eigenvalue weighted by Gasteiger charge is 2.69. The van der Waals surface area contributed by atoms with Crippen molar-refractivity contribution in [2.24, 2.45) is 0 Å². The van der Waals surface area contributed by atoms with E-state index < -0.39 is 44.0 Å². The smallest absolute Gasteiger partial charge is 0.304 e. The average Bonchev–Trinajstić information content (AvgIpc) is 3.16. The molecule has 6 nitrogen and oxygen atoms in total. The van der Waals surface area contributed by atoms with Crippen LogP contribution in [0.2, 0.25) is 5.02 Å². The SMILES string of the molecule is O=C1CS(=O)(=O)[C@]2(C(=O)N(Cc3cccc(Cl)c3)c3ccccc32)N1c1cccc(C(F)(F)F)c1. The number of carbonyl (C=O) groups is 2. The molecule has 35 heavy (non-hydrogen) atoms. The lowest BCUT2D eigenvalue weighted by Crippen LogP contribution is -2.54. The average molecular weight is 521 g/mol. The molecule has 180 valence electrons. The Labute approximate surface area is 203 Å². The van der Waals surface area contributed by atoms with Crippen molar-refractivity contribution in [2.45, 2.75) is 17.6 Å². The summed E-state index contributed by atoms with van der Waals surface area (Å²) in [6, 6.07) is 16.4. The van der Waals surface area contributed by atoms with Crippen molar-refractivity contribution in [3.63, 3.8) is 0 Å². The Morgan fingerprint density at radius 1 is 0.943 bits per heavy atom. The summed E-state index contributed by atoms with van der Waals surface area (Å²) in [6.07, 6.45) is -4.74. The van der Waals surface area contributed by atoms with E-state index in [9.17, 15) is 31.2 Å². The fourth-order valence-corrected chi connectivity index (χ4v) is 6.93. The van der Waals surface area contributed by atoms with E-state index in [1.807, 2.05) is 0 Å². The van der Waals surface area contributed by atoms with Crippen LogP contribution in [-0.2, 0) is 37.0 Å². The van der Waals surface area contributed by atoms with Crippen LogP contribution in [0.5, 0.6) is 0 Å². The summed E-state index contributed by atoms with van der Waals surface area (Å²) in [6.45, 7) is -0.0572. The van der Waals surface area contributed by atoms with E-state index in [0.29, 0.717) is 21.6 Å². The molecule has 0 bridgehead atoms. The molecule has 0 saturated carbocycles. The Kier molecular flexibility index (Phi) is 5.22. The second-order valence-electron chi connectivity index (χ2n) is 8.22. The monoisotopic (exact) mass is 520 g/mol. The van der Waals surface area contributed by atoms with Crippen LogP contribution < -0.4 is 9.80 Å². The molecule has 1 spiro atoms. The number of carbonyl (C=O) groups excluding carboxylic acids is 2. The van der Waals surface area contributed by atoms with Crippen LogP contribution in [0.15, 0.2) is 72.8 Å². The summed E-state index contributed by atoms with van der Waals surface area (Å²) in [5.74, 6) is -2.95. The Bertz CT molecular complexity index is 1490. The summed E-state index contributed by atoms with van der Waals surface area (Å²) in [5, 5.41) is 0.409. The summed E-state index contributed by atoms with van der Waals surface area (Å²) in [5.41, 5.74) is -0.552. The zero-order valence-electron chi connectivity index (χ0n) is 17.8. The van der Waals surface area contributed by atoms with E-state index in [-0.39, 0.29) is 23.5 Å². The fourth-order valence-electron chi connectivity index (χ4n) is 4.69. The number of sulfone groups is 1. The normalized spacial score (nSPS) is 21.1. The van der Waals surface area contributed by atoms with Gasteiger partial charge in [-0.2, -0.15) is 13.2 Å². The van der Waals surface area contributed by atoms with Crippen molar-refractivity contribution in [3.05, 3.63) is 94.5 Å². The maximum Gasteiger partial charge on any atom is 0.416 e. The van der Waals surface area contributed by atoms with Crippen LogP contribution in [0.1, 0.15) is 16.7 Å². The minimum atomic E-state index is -4.74. The minimum absolute atomic E-state index is 0.00953. The van der Waals surface area contributed by atoms with Gasteiger partial charge in [0.15, 0.2) is 9.84 Å². The number of amides is 2. The van der Waals surface area contributed by atoms with E-state index in [2.05, 4.69) is 0 Å². The van der Waals surface area contributed by atoms with E-state index in [1.54, 1.807) is 30.3 Å². The second-order valence-corrected chi connectivity index (χ2v) is 10.8. The molecule has 1 atom stereocenters. The van der Waals surface area contributed by atoms with Crippen LogP contribution in [0, 0.1) is 0 Å². The van der Waals surface area contributed by atoms with Gasteiger partial charge in [-0.15, -0.1) is 0 Å². The van der Waals surface area contributed by atoms with Crippen molar-refractivity contribution < 1.29 is 31.2 Å². The number of fused-ring (bicyclic) bond motifs is 2. The third-order valence-electron chi connectivity index (χ3n) is 6.08. The molecule has 1 fully saturated rings. The lowest BCUT2D eigenvalue weighted by molar-refractivity contribution is -0.137. The molecule has 1 saturated heterocycles. The lowest BCUT2D eigenvalue weighted by Gasteiger charge is -2.33. The molecule has 0 unspecified atom stereocenters. The maximum atomic E-state index is 14.0. The number of rotatable bonds is 3. The van der Waals surface area contributed by atoms with Gasteiger partial charge < -0.3 is 4.90 Å². The van der Waals surface area contributed by atoms with Crippen LogP contribution in [0.3, 0.4) is 0 Å². The first-order valence-corrected chi connectivity index (χ1v) is 12.4. The van der Waals surface area contributed by atoms with Gasteiger partial charge in [-0.25, -0.2) is 8.42 Å². The second kappa shape index (κ2) is 7.82. The molecular weight excluding hydrogens is 505 g/mol. The van der Waals surface area contributed by atoms with Gasteiger partial charge in [-0.05, 0) is 42.0 Å².